The van der Waals surface area contributed by atoms with Crippen molar-refractivity contribution in [2.45, 2.75) is 33.7 Å². The van der Waals surface area contributed by atoms with E-state index in [1.54, 1.807) is 23.2 Å². The molecule has 1 aromatic carbocycles. The maximum atomic E-state index is 12.7. The second kappa shape index (κ2) is 8.34. The zero-order chi connectivity index (χ0) is 17.5. The van der Waals surface area contributed by atoms with Crippen molar-refractivity contribution in [2.75, 3.05) is 18.1 Å². The van der Waals surface area contributed by atoms with Gasteiger partial charge >= 0.3 is 0 Å². The number of rotatable bonds is 7. The van der Waals surface area contributed by atoms with Crippen LogP contribution in [0.3, 0.4) is 0 Å². The third-order valence-electron chi connectivity index (χ3n) is 3.68. The number of likely N-dealkylation sites (N-methyl/N-ethyl adjacent to an activating group) is 1. The van der Waals surface area contributed by atoms with E-state index in [0.717, 1.165) is 17.7 Å². The summed E-state index contributed by atoms with van der Waals surface area (Å²) in [5.74, 6) is 0.156. The maximum Gasteiger partial charge on any atom is 0.293 e. The highest BCUT2D eigenvalue weighted by atomic mass is 16.5. The number of benzene rings is 1. The first-order valence-corrected chi connectivity index (χ1v) is 8.26. The van der Waals surface area contributed by atoms with E-state index in [1.807, 2.05) is 45.0 Å². The number of hydrogen-bond donors (Lipinski definition) is 0. The van der Waals surface area contributed by atoms with Crippen LogP contribution >= 0.6 is 0 Å². The maximum absolute atomic E-state index is 12.7. The Labute approximate surface area is 142 Å². The molecular formula is C19H24N2O3. The Morgan fingerprint density at radius 1 is 1.21 bits per heavy atom. The number of aryl methyl sites for hydroxylation is 1. The normalized spacial score (nSPS) is 10.5. The minimum atomic E-state index is -0.278. The molecule has 0 unspecified atom stereocenters. The Hall–Kier alpha value is -2.56. The van der Waals surface area contributed by atoms with Gasteiger partial charge in [-0.3, -0.25) is 9.59 Å². The van der Waals surface area contributed by atoms with Crippen molar-refractivity contribution in [3.8, 4) is 5.75 Å². The van der Waals surface area contributed by atoms with E-state index < -0.39 is 0 Å². The molecule has 1 amide bonds. The predicted molar refractivity (Wildman–Crippen MR) is 95.7 cm³/mol. The third kappa shape index (κ3) is 4.25. The van der Waals surface area contributed by atoms with Crippen molar-refractivity contribution >= 4 is 11.6 Å². The zero-order valence-corrected chi connectivity index (χ0v) is 14.5. The van der Waals surface area contributed by atoms with Crippen LogP contribution in [0.5, 0.6) is 5.75 Å². The van der Waals surface area contributed by atoms with Crippen molar-refractivity contribution in [3.63, 3.8) is 0 Å². The Kier molecular flexibility index (Phi) is 6.18. The van der Waals surface area contributed by atoms with Gasteiger partial charge in [0.1, 0.15) is 6.54 Å². The number of aromatic nitrogens is 1. The molecule has 2 aromatic rings. The fourth-order valence-corrected chi connectivity index (χ4v) is 2.49. The predicted octanol–water partition coefficient (Wildman–Crippen LogP) is 3.00. The largest absolute Gasteiger partial charge is 0.488 e. The van der Waals surface area contributed by atoms with Crippen molar-refractivity contribution in [1.29, 1.82) is 0 Å². The minimum absolute atomic E-state index is 0.00998. The van der Waals surface area contributed by atoms with Gasteiger partial charge in [-0.1, -0.05) is 19.1 Å². The summed E-state index contributed by atoms with van der Waals surface area (Å²) < 4.78 is 6.83. The average Bonchev–Trinajstić information content (AvgIpc) is 2.56. The van der Waals surface area contributed by atoms with Crippen LogP contribution in [0.25, 0.3) is 0 Å². The SMILES string of the molecule is CCCOc1cccn(CC(=O)N(CC)c2cccc(C)c2)c1=O. The Morgan fingerprint density at radius 2 is 2.00 bits per heavy atom. The van der Waals surface area contributed by atoms with Crippen LogP contribution < -0.4 is 15.2 Å². The molecule has 5 heteroatoms. The van der Waals surface area contributed by atoms with Gasteiger partial charge in [0, 0.05) is 18.4 Å². The van der Waals surface area contributed by atoms with Gasteiger partial charge in [0.2, 0.25) is 5.91 Å². The van der Waals surface area contributed by atoms with Crippen LogP contribution in [0, 0.1) is 6.92 Å². The highest BCUT2D eigenvalue weighted by Gasteiger charge is 2.16. The third-order valence-corrected chi connectivity index (χ3v) is 3.68. The minimum Gasteiger partial charge on any atom is -0.488 e. The second-order valence-electron chi connectivity index (χ2n) is 5.63. The molecule has 0 saturated heterocycles. The van der Waals surface area contributed by atoms with Gasteiger partial charge in [-0.25, -0.2) is 0 Å². The first-order valence-electron chi connectivity index (χ1n) is 8.26. The average molecular weight is 328 g/mol. The van der Waals surface area contributed by atoms with Crippen molar-refractivity contribution in [1.82, 2.24) is 4.57 Å². The molecule has 0 radical (unpaired) electrons. The van der Waals surface area contributed by atoms with Crippen molar-refractivity contribution in [2.24, 2.45) is 0 Å². The molecule has 0 saturated carbocycles. The van der Waals surface area contributed by atoms with Gasteiger partial charge in [0.15, 0.2) is 5.75 Å². The van der Waals surface area contributed by atoms with E-state index in [9.17, 15) is 9.59 Å². The van der Waals surface area contributed by atoms with Gasteiger partial charge in [-0.05, 0) is 50.1 Å². The van der Waals surface area contributed by atoms with Crippen molar-refractivity contribution in [3.05, 3.63) is 58.5 Å². The number of nitrogens with zero attached hydrogens (tertiary/aromatic N) is 2. The lowest BCUT2D eigenvalue weighted by molar-refractivity contribution is -0.119. The number of carbonyl (C=O) groups is 1. The summed E-state index contributed by atoms with van der Waals surface area (Å²) in [5.41, 5.74) is 1.65. The van der Waals surface area contributed by atoms with Gasteiger partial charge in [-0.15, -0.1) is 0 Å². The number of hydrogen-bond acceptors (Lipinski definition) is 3. The summed E-state index contributed by atoms with van der Waals surface area (Å²) in [6.45, 7) is 6.90. The number of pyridine rings is 1. The molecule has 0 aliphatic carbocycles. The highest BCUT2D eigenvalue weighted by Crippen LogP contribution is 2.16. The molecule has 2 rings (SSSR count). The number of amides is 1. The quantitative estimate of drug-likeness (QED) is 0.785. The first-order chi connectivity index (χ1) is 11.6. The van der Waals surface area contributed by atoms with E-state index in [4.69, 9.17) is 4.74 Å². The molecule has 0 aliphatic heterocycles. The fourth-order valence-electron chi connectivity index (χ4n) is 2.49. The van der Waals surface area contributed by atoms with Crippen LogP contribution in [0.4, 0.5) is 5.69 Å². The molecule has 24 heavy (non-hydrogen) atoms. The van der Waals surface area contributed by atoms with E-state index >= 15 is 0 Å². The molecule has 1 aromatic heterocycles. The van der Waals surface area contributed by atoms with E-state index in [-0.39, 0.29) is 23.8 Å². The summed E-state index contributed by atoms with van der Waals surface area (Å²) in [5, 5.41) is 0. The second-order valence-corrected chi connectivity index (χ2v) is 5.63. The smallest absolute Gasteiger partial charge is 0.293 e. The molecule has 0 bridgehead atoms. The van der Waals surface area contributed by atoms with Gasteiger partial charge in [-0.2, -0.15) is 0 Å². The summed E-state index contributed by atoms with van der Waals surface area (Å²) >= 11 is 0. The molecule has 0 fully saturated rings. The van der Waals surface area contributed by atoms with Crippen LogP contribution in [0.1, 0.15) is 25.8 Å². The topological polar surface area (TPSA) is 51.5 Å². The fraction of sp³-hybridized carbons (Fsp3) is 0.368. The molecule has 0 aliphatic rings. The lowest BCUT2D eigenvalue weighted by Crippen LogP contribution is -2.36. The van der Waals surface area contributed by atoms with Gasteiger partial charge < -0.3 is 14.2 Å². The first kappa shape index (κ1) is 17.8. The number of carbonyl (C=O) groups excluding carboxylic acids is 1. The van der Waals surface area contributed by atoms with E-state index in [2.05, 4.69) is 0 Å². The molecule has 5 nitrogen and oxygen atoms in total. The van der Waals surface area contributed by atoms with Gasteiger partial charge in [0.25, 0.3) is 5.56 Å². The summed E-state index contributed by atoms with van der Waals surface area (Å²) in [4.78, 5) is 26.7. The number of anilines is 1. The Balaban J connectivity index is 2.20. The molecule has 0 N–H and O–H groups in total. The van der Waals surface area contributed by atoms with E-state index in [0.29, 0.717) is 13.2 Å². The summed E-state index contributed by atoms with van der Waals surface area (Å²) in [6, 6.07) is 11.1. The Morgan fingerprint density at radius 3 is 2.67 bits per heavy atom. The molecular weight excluding hydrogens is 304 g/mol. The monoisotopic (exact) mass is 328 g/mol. The molecule has 0 spiro atoms. The summed E-state index contributed by atoms with van der Waals surface area (Å²) in [7, 11) is 0. The van der Waals surface area contributed by atoms with Crippen LogP contribution in [-0.4, -0.2) is 23.6 Å². The highest BCUT2D eigenvalue weighted by molar-refractivity contribution is 5.93. The zero-order valence-electron chi connectivity index (χ0n) is 14.5. The van der Waals surface area contributed by atoms with Crippen LogP contribution in [0.2, 0.25) is 0 Å². The molecule has 1 heterocycles. The standard InChI is InChI=1S/C19H24N2O3/c1-4-12-24-17-10-7-11-20(19(17)23)14-18(22)21(5-2)16-9-6-8-15(3)13-16/h6-11,13H,4-5,12,14H2,1-3H3. The summed E-state index contributed by atoms with van der Waals surface area (Å²) in [6.07, 6.45) is 2.44. The van der Waals surface area contributed by atoms with Gasteiger partial charge in [0.05, 0.1) is 6.61 Å². The Bertz CT molecular complexity index is 752. The molecule has 0 atom stereocenters. The van der Waals surface area contributed by atoms with Crippen molar-refractivity contribution < 1.29 is 9.53 Å². The lowest BCUT2D eigenvalue weighted by atomic mass is 10.2. The lowest BCUT2D eigenvalue weighted by Gasteiger charge is -2.22. The van der Waals surface area contributed by atoms with Crippen LogP contribution in [-0.2, 0) is 11.3 Å². The van der Waals surface area contributed by atoms with Crippen LogP contribution in [0.15, 0.2) is 47.4 Å². The molecule has 128 valence electrons. The number of ether oxygens (including phenoxy) is 1. The van der Waals surface area contributed by atoms with E-state index in [1.165, 1.54) is 4.57 Å².